The van der Waals surface area contributed by atoms with Crippen LogP contribution in [0.25, 0.3) is 76.4 Å². The molecule has 12 aromatic rings. The molecule has 0 amide bonds. The molecular weight excluding hydrogens is 741 g/mol. The van der Waals surface area contributed by atoms with Gasteiger partial charge in [-0.1, -0.05) is 145 Å². The van der Waals surface area contributed by atoms with E-state index < -0.39 is 0 Å². The number of fused-ring (bicyclic) bond motifs is 10. The number of H-pyrrole nitrogens is 1. The Kier molecular flexibility index (Phi) is 7.37. The maximum absolute atomic E-state index is 6.85. The van der Waals surface area contributed by atoms with Crippen molar-refractivity contribution in [3.8, 4) is 11.1 Å². The number of hydrogen-bond donors (Lipinski definition) is 1. The molecule has 13 rings (SSSR count). The molecule has 0 fully saturated rings. The van der Waals surface area contributed by atoms with E-state index in [0.717, 1.165) is 74.4 Å². The highest BCUT2D eigenvalue weighted by atomic mass is 16.3. The van der Waals surface area contributed by atoms with Gasteiger partial charge in [-0.15, -0.1) is 0 Å². The largest absolute Gasteiger partial charge is 0.454 e. The third kappa shape index (κ3) is 5.20. The van der Waals surface area contributed by atoms with Crippen molar-refractivity contribution in [1.29, 1.82) is 0 Å². The Hall–Kier alpha value is -8.02. The molecule has 5 heteroatoms. The quantitative estimate of drug-likeness (QED) is 0.177. The summed E-state index contributed by atoms with van der Waals surface area (Å²) in [6.07, 6.45) is 0. The summed E-state index contributed by atoms with van der Waals surface area (Å²) in [6.45, 7) is 0. The van der Waals surface area contributed by atoms with E-state index in [0.29, 0.717) is 0 Å². The van der Waals surface area contributed by atoms with Gasteiger partial charge in [-0.3, -0.25) is 0 Å². The molecule has 1 aliphatic heterocycles. The highest BCUT2D eigenvalue weighted by Crippen LogP contribution is 2.47. The van der Waals surface area contributed by atoms with Crippen molar-refractivity contribution in [2.24, 2.45) is 0 Å². The van der Waals surface area contributed by atoms with Crippen LogP contribution in [0.2, 0.25) is 0 Å². The number of rotatable bonds is 5. The molecule has 10 aromatic carbocycles. The zero-order valence-corrected chi connectivity index (χ0v) is 33.1. The Morgan fingerprint density at radius 3 is 1.90 bits per heavy atom. The van der Waals surface area contributed by atoms with E-state index in [1.165, 1.54) is 54.4 Å². The summed E-state index contributed by atoms with van der Waals surface area (Å²) in [5.41, 5.74) is 15.6. The van der Waals surface area contributed by atoms with E-state index in [2.05, 4.69) is 221 Å². The molecular formula is C56H36BN3O. The molecule has 0 unspecified atom stereocenters. The highest BCUT2D eigenvalue weighted by Gasteiger charge is 2.32. The number of hydrogen-bond acceptors (Lipinski definition) is 3. The van der Waals surface area contributed by atoms with Gasteiger partial charge >= 0.3 is 0 Å². The Morgan fingerprint density at radius 1 is 0.443 bits per heavy atom. The SMILES string of the molecule is B1c2ccc(N(c3ccccc3)c3ccccc3)cc2N(c2cccc3c2oc2ccccc23)c2cc3ccccc3c(-c3cccc4c3[nH]c3cc5ccccc5cc34)c21. The monoisotopic (exact) mass is 777 g/mol. The van der Waals surface area contributed by atoms with Gasteiger partial charge in [0.15, 0.2) is 12.9 Å². The summed E-state index contributed by atoms with van der Waals surface area (Å²) in [5.74, 6) is 0. The van der Waals surface area contributed by atoms with Gasteiger partial charge < -0.3 is 19.2 Å². The lowest BCUT2D eigenvalue weighted by atomic mass is 9.57. The fraction of sp³-hybridized carbons (Fsp3) is 0. The number of anilines is 6. The molecule has 0 atom stereocenters. The van der Waals surface area contributed by atoms with Gasteiger partial charge in [-0.05, 0) is 99.3 Å². The van der Waals surface area contributed by atoms with E-state index >= 15 is 0 Å². The van der Waals surface area contributed by atoms with Gasteiger partial charge in [0, 0.05) is 61.1 Å². The van der Waals surface area contributed by atoms with Gasteiger partial charge in [0.1, 0.15) is 5.58 Å². The van der Waals surface area contributed by atoms with Crippen molar-refractivity contribution < 1.29 is 4.42 Å². The fourth-order valence-corrected chi connectivity index (χ4v) is 10.0. The van der Waals surface area contributed by atoms with Gasteiger partial charge in [0.05, 0.1) is 11.2 Å². The second kappa shape index (κ2) is 13.3. The number of aromatic amines is 1. The molecule has 0 aliphatic carbocycles. The molecule has 61 heavy (non-hydrogen) atoms. The van der Waals surface area contributed by atoms with Crippen LogP contribution in [0.15, 0.2) is 211 Å². The van der Waals surface area contributed by atoms with E-state index in [9.17, 15) is 0 Å². The van der Waals surface area contributed by atoms with E-state index in [4.69, 9.17) is 4.42 Å². The van der Waals surface area contributed by atoms with Crippen LogP contribution in [0.4, 0.5) is 34.1 Å². The number of benzene rings is 10. The molecule has 0 spiro atoms. The lowest BCUT2D eigenvalue weighted by molar-refractivity contribution is 0.669. The molecule has 284 valence electrons. The summed E-state index contributed by atoms with van der Waals surface area (Å²) < 4.78 is 6.85. The summed E-state index contributed by atoms with van der Waals surface area (Å²) >= 11 is 0. The van der Waals surface area contributed by atoms with Crippen molar-refractivity contribution in [2.75, 3.05) is 9.80 Å². The van der Waals surface area contributed by atoms with Crippen LogP contribution in [0.5, 0.6) is 0 Å². The first-order valence-corrected chi connectivity index (χ1v) is 21.0. The summed E-state index contributed by atoms with van der Waals surface area (Å²) in [7, 11) is 0.759. The van der Waals surface area contributed by atoms with Crippen molar-refractivity contribution in [1.82, 2.24) is 4.98 Å². The smallest absolute Gasteiger partial charge is 0.198 e. The number of aromatic nitrogens is 1. The van der Waals surface area contributed by atoms with E-state index in [1.54, 1.807) is 0 Å². The van der Waals surface area contributed by atoms with Gasteiger partial charge in [-0.25, -0.2) is 0 Å². The molecule has 2 aromatic heterocycles. The molecule has 3 heterocycles. The van der Waals surface area contributed by atoms with E-state index in [1.807, 2.05) is 0 Å². The third-order valence-electron chi connectivity index (χ3n) is 12.7. The minimum atomic E-state index is 0.759. The van der Waals surface area contributed by atoms with Crippen LogP contribution in [0, 0.1) is 0 Å². The fourth-order valence-electron chi connectivity index (χ4n) is 10.0. The molecule has 0 saturated carbocycles. The zero-order valence-electron chi connectivity index (χ0n) is 33.1. The average molecular weight is 778 g/mol. The number of nitrogens with one attached hydrogen (secondary N) is 1. The van der Waals surface area contributed by atoms with Crippen LogP contribution in [0.3, 0.4) is 0 Å². The van der Waals surface area contributed by atoms with Crippen LogP contribution in [0.1, 0.15) is 0 Å². The number of para-hydroxylation sites is 5. The van der Waals surface area contributed by atoms with Gasteiger partial charge in [0.25, 0.3) is 0 Å². The van der Waals surface area contributed by atoms with Crippen molar-refractivity contribution in [3.63, 3.8) is 0 Å². The standard InChI is InChI=1S/C56H36BN3O/c1-3-18-38(19-4-1)59(39-20-5-2-6-21-39)40-29-30-47-50(34-40)60(49-27-14-25-44-42-23-11-12-28-52(42)61-56(44)49)51-33-37-17-9-10-22-41(37)53(54(51)57-47)45-26-13-24-43-46-31-35-15-7-8-16-36(35)32-48(46)58-55(43)45/h1-34,57-58H. The van der Waals surface area contributed by atoms with Gasteiger partial charge in [0.2, 0.25) is 0 Å². The van der Waals surface area contributed by atoms with E-state index in [-0.39, 0.29) is 0 Å². The summed E-state index contributed by atoms with van der Waals surface area (Å²) in [6, 6.07) is 74.6. The Bertz CT molecular complexity index is 3660. The summed E-state index contributed by atoms with van der Waals surface area (Å²) in [5, 5.41) is 9.58. The maximum Gasteiger partial charge on any atom is 0.198 e. The first-order chi connectivity index (χ1) is 30.2. The molecule has 0 bridgehead atoms. The Morgan fingerprint density at radius 2 is 1.10 bits per heavy atom. The maximum atomic E-state index is 6.85. The minimum Gasteiger partial charge on any atom is -0.454 e. The van der Waals surface area contributed by atoms with Crippen LogP contribution in [-0.4, -0.2) is 12.3 Å². The third-order valence-corrected chi connectivity index (χ3v) is 12.7. The van der Waals surface area contributed by atoms with Crippen molar-refractivity contribution >= 4 is 118 Å². The summed E-state index contributed by atoms with van der Waals surface area (Å²) in [4.78, 5) is 8.75. The van der Waals surface area contributed by atoms with Crippen molar-refractivity contribution in [3.05, 3.63) is 206 Å². The molecule has 4 nitrogen and oxygen atoms in total. The minimum absolute atomic E-state index is 0.759. The highest BCUT2D eigenvalue weighted by molar-refractivity contribution is 6.74. The van der Waals surface area contributed by atoms with Crippen LogP contribution in [-0.2, 0) is 0 Å². The molecule has 1 N–H and O–H groups in total. The second-order valence-corrected chi connectivity index (χ2v) is 16.2. The average Bonchev–Trinajstić information content (AvgIpc) is 3.88. The lowest BCUT2D eigenvalue weighted by Gasteiger charge is -2.36. The topological polar surface area (TPSA) is 35.4 Å². The van der Waals surface area contributed by atoms with Crippen LogP contribution < -0.4 is 20.7 Å². The normalized spacial score (nSPS) is 12.4. The van der Waals surface area contributed by atoms with Crippen LogP contribution >= 0.6 is 0 Å². The molecule has 1 aliphatic rings. The zero-order chi connectivity index (χ0) is 40.0. The first kappa shape index (κ1) is 33.9. The lowest BCUT2D eigenvalue weighted by Crippen LogP contribution is -2.41. The Labute approximate surface area is 352 Å². The van der Waals surface area contributed by atoms with Crippen molar-refractivity contribution in [2.45, 2.75) is 0 Å². The first-order valence-electron chi connectivity index (χ1n) is 21.0. The predicted octanol–water partition coefficient (Wildman–Crippen LogP) is 13.8. The second-order valence-electron chi connectivity index (χ2n) is 16.2. The van der Waals surface area contributed by atoms with Gasteiger partial charge in [-0.2, -0.15) is 0 Å². The number of nitrogens with zero attached hydrogens (tertiary/aromatic N) is 2. The predicted molar refractivity (Wildman–Crippen MR) is 259 cm³/mol. The molecule has 0 saturated heterocycles. The Balaban J connectivity index is 1.11. The number of furan rings is 1. The molecule has 0 radical (unpaired) electrons.